The average Bonchev–Trinajstić information content (AvgIpc) is 3.05. The fourth-order valence-electron chi connectivity index (χ4n) is 2.92. The molecule has 7 heteroatoms. The summed E-state index contributed by atoms with van der Waals surface area (Å²) in [5.74, 6) is 0.359. The predicted molar refractivity (Wildman–Crippen MR) is 109 cm³/mol. The summed E-state index contributed by atoms with van der Waals surface area (Å²) in [5.41, 5.74) is 4.39. The van der Waals surface area contributed by atoms with Crippen LogP contribution in [-0.4, -0.2) is 28.7 Å². The molecule has 3 rings (SSSR count). The maximum absolute atomic E-state index is 12.6. The number of carbonyl (C=O) groups excluding carboxylic acids is 2. The monoisotopic (exact) mass is 378 g/mol. The summed E-state index contributed by atoms with van der Waals surface area (Å²) in [4.78, 5) is 23.6. The second kappa shape index (κ2) is 7.96. The van der Waals surface area contributed by atoms with Crippen LogP contribution in [0.15, 0.2) is 48.5 Å². The summed E-state index contributed by atoms with van der Waals surface area (Å²) in [6.45, 7) is 3.41. The Morgan fingerprint density at radius 1 is 1.00 bits per heavy atom. The highest BCUT2D eigenvalue weighted by atomic mass is 16.5. The first kappa shape index (κ1) is 19.2. The van der Waals surface area contributed by atoms with Gasteiger partial charge >= 0.3 is 0 Å². The van der Waals surface area contributed by atoms with E-state index in [0.717, 1.165) is 22.6 Å². The number of hydrogen-bond donors (Lipinski definition) is 2. The second-order valence-corrected chi connectivity index (χ2v) is 6.44. The molecule has 2 N–H and O–H groups in total. The maximum atomic E-state index is 12.6. The van der Waals surface area contributed by atoms with E-state index < -0.39 is 0 Å². The average molecular weight is 378 g/mol. The summed E-state index contributed by atoms with van der Waals surface area (Å²) in [6, 6.07) is 14.5. The summed E-state index contributed by atoms with van der Waals surface area (Å²) in [5, 5.41) is 9.82. The van der Waals surface area contributed by atoms with Crippen LogP contribution >= 0.6 is 0 Å². The highest BCUT2D eigenvalue weighted by Crippen LogP contribution is 2.26. The molecule has 0 aliphatic heterocycles. The summed E-state index contributed by atoms with van der Waals surface area (Å²) in [6.07, 6.45) is 0. The minimum atomic E-state index is -0.306. The third kappa shape index (κ3) is 4.20. The van der Waals surface area contributed by atoms with Crippen LogP contribution in [0.3, 0.4) is 0 Å². The molecule has 2 amide bonds. The van der Waals surface area contributed by atoms with E-state index in [2.05, 4.69) is 15.7 Å². The van der Waals surface area contributed by atoms with Crippen molar-refractivity contribution in [3.8, 4) is 17.0 Å². The van der Waals surface area contributed by atoms with Gasteiger partial charge in [-0.25, -0.2) is 0 Å². The molecule has 3 aromatic rings. The summed E-state index contributed by atoms with van der Waals surface area (Å²) in [7, 11) is 3.44. The van der Waals surface area contributed by atoms with E-state index in [-0.39, 0.29) is 11.8 Å². The molecule has 0 saturated heterocycles. The Morgan fingerprint density at radius 3 is 2.21 bits per heavy atom. The maximum Gasteiger partial charge on any atom is 0.276 e. The van der Waals surface area contributed by atoms with Gasteiger partial charge in [-0.05, 0) is 61.0 Å². The zero-order chi connectivity index (χ0) is 20.3. The molecule has 144 valence electrons. The molecule has 0 fully saturated rings. The molecule has 0 atom stereocenters. The van der Waals surface area contributed by atoms with Crippen molar-refractivity contribution in [2.75, 3.05) is 17.7 Å². The predicted octanol–water partition coefficient (Wildman–Crippen LogP) is 3.61. The molecule has 1 aromatic heterocycles. The van der Waals surface area contributed by atoms with Gasteiger partial charge in [-0.15, -0.1) is 0 Å². The quantitative estimate of drug-likeness (QED) is 0.710. The van der Waals surface area contributed by atoms with E-state index >= 15 is 0 Å². The van der Waals surface area contributed by atoms with Gasteiger partial charge in [-0.3, -0.25) is 14.3 Å². The minimum Gasteiger partial charge on any atom is -0.496 e. The van der Waals surface area contributed by atoms with Crippen molar-refractivity contribution in [1.29, 1.82) is 0 Å². The van der Waals surface area contributed by atoms with Crippen LogP contribution in [0.5, 0.6) is 5.75 Å². The van der Waals surface area contributed by atoms with Gasteiger partial charge in [-0.1, -0.05) is 0 Å². The van der Waals surface area contributed by atoms with E-state index in [0.29, 0.717) is 17.1 Å². The molecular formula is C21H22N4O3. The SMILES string of the molecule is COc1ccc(-c2cc(C(=O)Nc3ccc(NC(C)=O)cc3)nn2C)cc1C. The molecular weight excluding hydrogens is 356 g/mol. The number of rotatable bonds is 5. The Morgan fingerprint density at radius 2 is 1.64 bits per heavy atom. The Balaban J connectivity index is 1.77. The lowest BCUT2D eigenvalue weighted by Crippen LogP contribution is -2.13. The molecule has 0 spiro atoms. The van der Waals surface area contributed by atoms with Gasteiger partial charge in [0.25, 0.3) is 5.91 Å². The fraction of sp³-hybridized carbons (Fsp3) is 0.190. The Kier molecular flexibility index (Phi) is 5.44. The molecule has 7 nitrogen and oxygen atoms in total. The number of aromatic nitrogens is 2. The van der Waals surface area contributed by atoms with Crippen LogP contribution in [0.1, 0.15) is 23.0 Å². The fourth-order valence-corrected chi connectivity index (χ4v) is 2.92. The second-order valence-electron chi connectivity index (χ2n) is 6.44. The van der Waals surface area contributed by atoms with Crippen LogP contribution in [0.4, 0.5) is 11.4 Å². The number of benzene rings is 2. The zero-order valence-corrected chi connectivity index (χ0v) is 16.2. The van der Waals surface area contributed by atoms with Gasteiger partial charge in [0.15, 0.2) is 5.69 Å². The minimum absolute atomic E-state index is 0.147. The summed E-state index contributed by atoms with van der Waals surface area (Å²) < 4.78 is 6.97. The van der Waals surface area contributed by atoms with E-state index in [4.69, 9.17) is 4.74 Å². The molecule has 28 heavy (non-hydrogen) atoms. The number of aryl methyl sites for hydroxylation is 2. The number of hydrogen-bond acceptors (Lipinski definition) is 4. The third-order valence-corrected chi connectivity index (χ3v) is 4.27. The Bertz CT molecular complexity index is 1020. The third-order valence-electron chi connectivity index (χ3n) is 4.27. The van der Waals surface area contributed by atoms with Gasteiger partial charge in [0.05, 0.1) is 12.8 Å². The van der Waals surface area contributed by atoms with E-state index in [1.165, 1.54) is 6.92 Å². The van der Waals surface area contributed by atoms with Crippen molar-refractivity contribution < 1.29 is 14.3 Å². The standard InChI is InChI=1S/C21H22N4O3/c1-13-11-15(5-10-20(13)28-4)19-12-18(24-25(19)3)21(27)23-17-8-6-16(7-9-17)22-14(2)26/h5-12H,1-4H3,(H,22,26)(H,23,27). The number of carbonyl (C=O) groups is 2. The number of amides is 2. The van der Waals surface area contributed by atoms with Crippen molar-refractivity contribution in [2.24, 2.45) is 7.05 Å². The van der Waals surface area contributed by atoms with Gasteiger partial charge < -0.3 is 15.4 Å². The van der Waals surface area contributed by atoms with Gasteiger partial charge in [0, 0.05) is 30.9 Å². The van der Waals surface area contributed by atoms with Crippen LogP contribution < -0.4 is 15.4 Å². The number of anilines is 2. The highest BCUT2D eigenvalue weighted by molar-refractivity contribution is 6.03. The number of nitrogens with zero attached hydrogens (tertiary/aromatic N) is 2. The largest absolute Gasteiger partial charge is 0.496 e. The van der Waals surface area contributed by atoms with Gasteiger partial charge in [-0.2, -0.15) is 5.10 Å². The molecule has 0 unspecified atom stereocenters. The first-order valence-corrected chi connectivity index (χ1v) is 8.75. The molecule has 0 bridgehead atoms. The summed E-state index contributed by atoms with van der Waals surface area (Å²) >= 11 is 0. The first-order chi connectivity index (χ1) is 13.4. The van der Waals surface area contributed by atoms with Crippen molar-refractivity contribution in [1.82, 2.24) is 9.78 Å². The van der Waals surface area contributed by atoms with Crippen LogP contribution in [0.25, 0.3) is 11.3 Å². The topological polar surface area (TPSA) is 85.2 Å². The lowest BCUT2D eigenvalue weighted by Gasteiger charge is -2.07. The van der Waals surface area contributed by atoms with Gasteiger partial charge in [0.2, 0.25) is 5.91 Å². The molecule has 0 aliphatic carbocycles. The van der Waals surface area contributed by atoms with Crippen molar-refractivity contribution in [3.63, 3.8) is 0 Å². The zero-order valence-electron chi connectivity index (χ0n) is 16.2. The van der Waals surface area contributed by atoms with Crippen LogP contribution in [0.2, 0.25) is 0 Å². The number of methoxy groups -OCH3 is 1. The van der Waals surface area contributed by atoms with E-state index in [1.807, 2.05) is 25.1 Å². The molecule has 2 aromatic carbocycles. The number of nitrogens with one attached hydrogen (secondary N) is 2. The number of ether oxygens (including phenoxy) is 1. The lowest BCUT2D eigenvalue weighted by atomic mass is 10.1. The van der Waals surface area contributed by atoms with Crippen molar-refractivity contribution in [2.45, 2.75) is 13.8 Å². The molecule has 0 radical (unpaired) electrons. The lowest BCUT2D eigenvalue weighted by molar-refractivity contribution is -0.114. The normalized spacial score (nSPS) is 10.4. The molecule has 0 aliphatic rings. The van der Waals surface area contributed by atoms with E-state index in [1.54, 1.807) is 49.2 Å². The molecule has 0 saturated carbocycles. The smallest absolute Gasteiger partial charge is 0.276 e. The van der Waals surface area contributed by atoms with Crippen molar-refractivity contribution in [3.05, 3.63) is 59.8 Å². The van der Waals surface area contributed by atoms with Crippen molar-refractivity contribution >= 4 is 23.2 Å². The van der Waals surface area contributed by atoms with E-state index in [9.17, 15) is 9.59 Å². The molecule has 1 heterocycles. The van der Waals surface area contributed by atoms with Crippen LogP contribution in [-0.2, 0) is 11.8 Å². The Labute approximate surface area is 163 Å². The van der Waals surface area contributed by atoms with Crippen LogP contribution in [0, 0.1) is 6.92 Å². The van der Waals surface area contributed by atoms with Gasteiger partial charge in [0.1, 0.15) is 5.75 Å². The highest BCUT2D eigenvalue weighted by Gasteiger charge is 2.15. The first-order valence-electron chi connectivity index (χ1n) is 8.75. The Hall–Kier alpha value is -3.61.